The maximum Gasteiger partial charge on any atom is 0.323 e. The van der Waals surface area contributed by atoms with Gasteiger partial charge < -0.3 is 4.74 Å². The fourth-order valence-corrected chi connectivity index (χ4v) is 5.04. The summed E-state index contributed by atoms with van der Waals surface area (Å²) in [6.45, 7) is 0. The quantitative estimate of drug-likeness (QED) is 0.720. The van der Waals surface area contributed by atoms with Gasteiger partial charge in [-0.1, -0.05) is 0 Å². The van der Waals surface area contributed by atoms with Gasteiger partial charge in [-0.25, -0.2) is 0 Å². The first-order valence-electron chi connectivity index (χ1n) is 7.18. The van der Waals surface area contributed by atoms with Crippen LogP contribution in [0.5, 0.6) is 0 Å². The van der Waals surface area contributed by atoms with Crippen molar-refractivity contribution in [1.29, 1.82) is 5.26 Å². The third-order valence-corrected chi connectivity index (χ3v) is 5.57. The number of ether oxygens (including phenoxy) is 1. The van der Waals surface area contributed by atoms with Crippen molar-refractivity contribution in [2.75, 3.05) is 7.11 Å². The Hall–Kier alpha value is -1.04. The van der Waals surface area contributed by atoms with E-state index in [0.29, 0.717) is 5.92 Å². The van der Waals surface area contributed by atoms with E-state index < -0.39 is 5.92 Å². The van der Waals surface area contributed by atoms with Gasteiger partial charge in [0.2, 0.25) is 0 Å². The number of rotatable bonds is 3. The number of methoxy groups -OCH3 is 1. The van der Waals surface area contributed by atoms with Gasteiger partial charge in [0.15, 0.2) is 0 Å². The lowest BCUT2D eigenvalue weighted by atomic mass is 9.51. The zero-order chi connectivity index (χ0) is 12.7. The molecular weight excluding hydrogens is 226 g/mol. The highest BCUT2D eigenvalue weighted by Crippen LogP contribution is 2.57. The van der Waals surface area contributed by atoms with Crippen molar-refractivity contribution >= 4 is 5.97 Å². The van der Waals surface area contributed by atoms with Crippen LogP contribution >= 0.6 is 0 Å². The molecule has 0 radical (unpaired) electrons. The molecule has 0 amide bonds. The minimum absolute atomic E-state index is 0.341. The van der Waals surface area contributed by atoms with Crippen molar-refractivity contribution in [3.05, 3.63) is 0 Å². The molecule has 0 heterocycles. The minimum Gasteiger partial charge on any atom is -0.468 e. The molecule has 0 aromatic rings. The molecule has 1 unspecified atom stereocenters. The Morgan fingerprint density at radius 1 is 1.22 bits per heavy atom. The van der Waals surface area contributed by atoms with E-state index in [4.69, 9.17) is 10.00 Å². The summed E-state index contributed by atoms with van der Waals surface area (Å²) in [6, 6.07) is 2.14. The molecule has 1 atom stereocenters. The Bertz CT molecular complexity index is 356. The van der Waals surface area contributed by atoms with Crippen LogP contribution in [0.1, 0.15) is 38.5 Å². The molecule has 0 aromatic heterocycles. The topological polar surface area (TPSA) is 50.1 Å². The molecule has 0 N–H and O–H groups in total. The maximum atomic E-state index is 11.6. The van der Waals surface area contributed by atoms with Gasteiger partial charge in [0, 0.05) is 0 Å². The third kappa shape index (κ3) is 1.92. The molecule has 0 spiro atoms. The van der Waals surface area contributed by atoms with Gasteiger partial charge in [-0.2, -0.15) is 5.26 Å². The van der Waals surface area contributed by atoms with Crippen LogP contribution < -0.4 is 0 Å². The number of carbonyl (C=O) groups is 1. The Morgan fingerprint density at radius 2 is 1.78 bits per heavy atom. The van der Waals surface area contributed by atoms with E-state index >= 15 is 0 Å². The molecule has 0 aromatic carbocycles. The van der Waals surface area contributed by atoms with Crippen molar-refractivity contribution in [3.8, 4) is 6.07 Å². The van der Waals surface area contributed by atoms with E-state index in [1.54, 1.807) is 0 Å². The lowest BCUT2D eigenvalue weighted by Crippen LogP contribution is -2.46. The normalized spacial score (nSPS) is 42.3. The molecule has 0 aliphatic heterocycles. The highest BCUT2D eigenvalue weighted by Gasteiger charge is 2.48. The van der Waals surface area contributed by atoms with E-state index in [0.717, 1.165) is 30.1 Å². The molecule has 3 heteroatoms. The SMILES string of the molecule is COC(=O)C(C#N)CC1C2CC3CC(C2)CC1C3. The fourth-order valence-electron chi connectivity index (χ4n) is 5.04. The number of carbonyl (C=O) groups excluding carboxylic acids is 1. The molecule has 4 aliphatic rings. The molecule has 0 saturated heterocycles. The molecular formula is C15H21NO2. The molecule has 4 aliphatic carbocycles. The summed E-state index contributed by atoms with van der Waals surface area (Å²) in [4.78, 5) is 11.6. The Balaban J connectivity index is 1.70. The summed E-state index contributed by atoms with van der Waals surface area (Å²) < 4.78 is 4.74. The zero-order valence-corrected chi connectivity index (χ0v) is 11.0. The maximum absolute atomic E-state index is 11.6. The van der Waals surface area contributed by atoms with Crippen LogP contribution in [0, 0.1) is 46.8 Å². The predicted molar refractivity (Wildman–Crippen MR) is 66.3 cm³/mol. The van der Waals surface area contributed by atoms with Crippen LogP contribution in [0.2, 0.25) is 0 Å². The van der Waals surface area contributed by atoms with Crippen molar-refractivity contribution in [2.45, 2.75) is 38.5 Å². The molecule has 4 rings (SSSR count). The summed E-state index contributed by atoms with van der Waals surface area (Å²) in [5.41, 5.74) is 0. The second kappa shape index (κ2) is 4.57. The lowest BCUT2D eigenvalue weighted by Gasteiger charge is -2.54. The first-order valence-corrected chi connectivity index (χ1v) is 7.18. The van der Waals surface area contributed by atoms with Gasteiger partial charge in [0.05, 0.1) is 13.2 Å². The van der Waals surface area contributed by atoms with E-state index in [2.05, 4.69) is 6.07 Å². The number of hydrogen-bond acceptors (Lipinski definition) is 3. The molecule has 4 bridgehead atoms. The van der Waals surface area contributed by atoms with Gasteiger partial charge in [0.1, 0.15) is 5.92 Å². The predicted octanol–water partition coefficient (Wildman–Crippen LogP) is 2.76. The van der Waals surface area contributed by atoms with Crippen molar-refractivity contribution < 1.29 is 9.53 Å². The van der Waals surface area contributed by atoms with Gasteiger partial charge in [-0.3, -0.25) is 4.79 Å². The average Bonchev–Trinajstić information content (AvgIpc) is 2.36. The van der Waals surface area contributed by atoms with Crippen molar-refractivity contribution in [2.24, 2.45) is 35.5 Å². The van der Waals surface area contributed by atoms with Crippen molar-refractivity contribution in [1.82, 2.24) is 0 Å². The van der Waals surface area contributed by atoms with Gasteiger partial charge >= 0.3 is 5.97 Å². The monoisotopic (exact) mass is 247 g/mol. The first-order chi connectivity index (χ1) is 8.71. The van der Waals surface area contributed by atoms with Crippen LogP contribution in [-0.2, 0) is 9.53 Å². The third-order valence-electron chi connectivity index (χ3n) is 5.57. The first kappa shape index (κ1) is 12.0. The number of nitriles is 1. The van der Waals surface area contributed by atoms with Crippen LogP contribution in [0.3, 0.4) is 0 Å². The van der Waals surface area contributed by atoms with Gasteiger partial charge in [0.25, 0.3) is 0 Å². The van der Waals surface area contributed by atoms with E-state index in [-0.39, 0.29) is 5.97 Å². The summed E-state index contributed by atoms with van der Waals surface area (Å²) in [6.07, 6.45) is 7.55. The second-order valence-electron chi connectivity index (χ2n) is 6.54. The van der Waals surface area contributed by atoms with Gasteiger partial charge in [-0.05, 0) is 68.1 Å². The number of hydrogen-bond donors (Lipinski definition) is 0. The van der Waals surface area contributed by atoms with Crippen LogP contribution in [0.4, 0.5) is 0 Å². The fraction of sp³-hybridized carbons (Fsp3) is 0.867. The average molecular weight is 247 g/mol. The van der Waals surface area contributed by atoms with Crippen LogP contribution in [0.25, 0.3) is 0 Å². The Morgan fingerprint density at radius 3 is 2.22 bits per heavy atom. The molecule has 18 heavy (non-hydrogen) atoms. The van der Waals surface area contributed by atoms with E-state index in [1.807, 2.05) is 0 Å². The second-order valence-corrected chi connectivity index (χ2v) is 6.54. The summed E-state index contributed by atoms with van der Waals surface area (Å²) >= 11 is 0. The highest BCUT2D eigenvalue weighted by molar-refractivity contribution is 5.75. The summed E-state index contributed by atoms with van der Waals surface area (Å²) in [5.74, 6) is 3.17. The van der Waals surface area contributed by atoms with Crippen LogP contribution in [0.15, 0.2) is 0 Å². The standard InChI is InChI=1S/C15H21NO2/c1-18-15(17)13(8-16)7-14-11-3-9-2-10(5-11)6-12(14)4-9/h9-14H,2-7H2,1H3. The highest BCUT2D eigenvalue weighted by atomic mass is 16.5. The molecule has 3 nitrogen and oxygen atoms in total. The lowest BCUT2D eigenvalue weighted by molar-refractivity contribution is -0.145. The summed E-state index contributed by atoms with van der Waals surface area (Å²) in [7, 11) is 1.38. The minimum atomic E-state index is -0.544. The zero-order valence-electron chi connectivity index (χ0n) is 11.0. The number of nitrogens with zero attached hydrogens (tertiary/aromatic N) is 1. The smallest absolute Gasteiger partial charge is 0.323 e. The van der Waals surface area contributed by atoms with Gasteiger partial charge in [-0.15, -0.1) is 0 Å². The molecule has 4 saturated carbocycles. The number of esters is 1. The molecule has 4 fully saturated rings. The van der Waals surface area contributed by atoms with Crippen molar-refractivity contribution in [3.63, 3.8) is 0 Å². The molecule has 98 valence electrons. The summed E-state index contributed by atoms with van der Waals surface area (Å²) in [5, 5.41) is 9.13. The van der Waals surface area contributed by atoms with E-state index in [9.17, 15) is 4.79 Å². The largest absolute Gasteiger partial charge is 0.468 e. The Kier molecular flexibility index (Phi) is 3.05. The Labute approximate surface area is 108 Å². The van der Waals surface area contributed by atoms with Crippen LogP contribution in [-0.4, -0.2) is 13.1 Å². The van der Waals surface area contributed by atoms with E-state index in [1.165, 1.54) is 39.2 Å².